The lowest BCUT2D eigenvalue weighted by Crippen LogP contribution is -2.61. The van der Waals surface area contributed by atoms with Gasteiger partial charge in [0.05, 0.1) is 44.2 Å². The summed E-state index contributed by atoms with van der Waals surface area (Å²) in [5, 5.41) is 6.65. The molecule has 3 nitrogen and oxygen atoms in total. The van der Waals surface area contributed by atoms with E-state index in [9.17, 15) is 0 Å². The van der Waals surface area contributed by atoms with E-state index in [4.69, 9.17) is 0 Å². The van der Waals surface area contributed by atoms with Crippen LogP contribution in [0, 0.1) is 6.92 Å². The van der Waals surface area contributed by atoms with Crippen molar-refractivity contribution in [2.24, 2.45) is 0 Å². The second-order valence-electron chi connectivity index (χ2n) is 21.5. The Morgan fingerprint density at radius 3 is 1.83 bits per heavy atom. The third kappa shape index (κ3) is 5.02. The predicted molar refractivity (Wildman–Crippen MR) is 277 cm³/mol. The maximum absolute atomic E-state index is 2.69. The Morgan fingerprint density at radius 1 is 0.460 bits per heavy atom. The first-order valence-electron chi connectivity index (χ1n) is 22.5. The SMILES string of the molecule is Cc1cc2c3c(c1)N1c4c(cccc4-n4c5ccc(C(C)(C)C)cc5c5cc(C(C)(C)C)cc1c54)B3c1sc3ccc(C(C)(C)C)cc3c1N2c1cccc2c1sc1ccccc12. The summed E-state index contributed by atoms with van der Waals surface area (Å²) < 4.78 is 8.03. The number of nitrogens with zero attached hydrogens (tertiary/aromatic N) is 3. The standard InChI is InChI=1S/C57H50BN3S2/c1-31-25-44-49-45(26-31)61-46-30-34(57(8,9)10)29-38-37-27-32(55(2,3)4)21-23-41(37)59(50(38)46)42-18-14-17-40(52(42)61)58(49)54-51(39-28-33(56(5,6)7)22-24-48(39)63-54)60(44)43-19-13-16-36-35-15-11-12-20-47(35)62-53(36)43/h11-30H,1-10H3. The van der Waals surface area contributed by atoms with Crippen LogP contribution in [0.3, 0.4) is 0 Å². The van der Waals surface area contributed by atoms with Crippen LogP contribution in [0.5, 0.6) is 0 Å². The van der Waals surface area contributed by atoms with Crippen LogP contribution in [-0.2, 0) is 16.2 Å². The Balaban J connectivity index is 1.19. The van der Waals surface area contributed by atoms with Crippen LogP contribution in [0.1, 0.15) is 84.6 Å². The van der Waals surface area contributed by atoms with Gasteiger partial charge in [-0.15, -0.1) is 22.7 Å². The Bertz CT molecular complexity index is 3670. The molecular formula is C57H50BN3S2. The van der Waals surface area contributed by atoms with Gasteiger partial charge < -0.3 is 14.4 Å². The summed E-state index contributed by atoms with van der Waals surface area (Å²) in [6.45, 7) is 23.5. The molecule has 308 valence electrons. The van der Waals surface area contributed by atoms with Crippen molar-refractivity contribution in [3.63, 3.8) is 0 Å². The minimum absolute atomic E-state index is 0.0112. The van der Waals surface area contributed by atoms with Gasteiger partial charge >= 0.3 is 0 Å². The predicted octanol–water partition coefficient (Wildman–Crippen LogP) is 15.0. The largest absolute Gasteiger partial charge is 0.309 e. The number of anilines is 6. The molecule has 0 amide bonds. The van der Waals surface area contributed by atoms with E-state index in [1.54, 1.807) is 0 Å². The van der Waals surface area contributed by atoms with Gasteiger partial charge in [-0.05, 0) is 123 Å². The van der Waals surface area contributed by atoms with E-state index in [2.05, 4.69) is 205 Å². The minimum atomic E-state index is -0.0531. The average molecular weight is 852 g/mol. The Labute approximate surface area is 378 Å². The highest BCUT2D eigenvalue weighted by Crippen LogP contribution is 2.56. The number of thiophene rings is 2. The van der Waals surface area contributed by atoms with Gasteiger partial charge in [-0.25, -0.2) is 0 Å². The lowest BCUT2D eigenvalue weighted by molar-refractivity contribution is 0.590. The van der Waals surface area contributed by atoms with Crippen molar-refractivity contribution in [2.45, 2.75) is 85.5 Å². The molecule has 6 heteroatoms. The summed E-state index contributed by atoms with van der Waals surface area (Å²) >= 11 is 3.92. The van der Waals surface area contributed by atoms with E-state index >= 15 is 0 Å². The Kier molecular flexibility index (Phi) is 7.33. The lowest BCUT2D eigenvalue weighted by Gasteiger charge is -2.45. The molecule has 6 heterocycles. The third-order valence-electron chi connectivity index (χ3n) is 14.4. The number of fused-ring (bicyclic) bond motifs is 14. The van der Waals surface area contributed by atoms with Gasteiger partial charge in [0, 0.05) is 52.5 Å². The Morgan fingerprint density at radius 2 is 1.08 bits per heavy atom. The summed E-state index contributed by atoms with van der Waals surface area (Å²) in [5.74, 6) is 0. The second-order valence-corrected chi connectivity index (χ2v) is 23.7. The molecule has 10 aromatic rings. The number of aryl methyl sites for hydroxylation is 1. The first-order chi connectivity index (χ1) is 30.1. The monoisotopic (exact) mass is 851 g/mol. The molecule has 3 aromatic heterocycles. The van der Waals surface area contributed by atoms with Crippen molar-refractivity contribution in [1.29, 1.82) is 0 Å². The van der Waals surface area contributed by atoms with E-state index in [1.807, 2.05) is 22.7 Å². The molecule has 0 spiro atoms. The molecule has 3 aliphatic heterocycles. The van der Waals surface area contributed by atoms with Crippen molar-refractivity contribution < 1.29 is 0 Å². The van der Waals surface area contributed by atoms with Crippen LogP contribution in [0.4, 0.5) is 34.1 Å². The van der Waals surface area contributed by atoms with Crippen molar-refractivity contribution in [3.8, 4) is 5.69 Å². The number of aromatic nitrogens is 1. The van der Waals surface area contributed by atoms with Gasteiger partial charge in [-0.3, -0.25) is 0 Å². The molecule has 0 fully saturated rings. The molecule has 0 saturated heterocycles. The number of rotatable bonds is 1. The van der Waals surface area contributed by atoms with Crippen LogP contribution < -0.4 is 25.5 Å². The fraction of sp³-hybridized carbons (Fsp3) is 0.228. The summed E-state index contributed by atoms with van der Waals surface area (Å²) in [4.78, 5) is 5.37. The van der Waals surface area contributed by atoms with E-state index < -0.39 is 0 Å². The molecule has 63 heavy (non-hydrogen) atoms. The highest BCUT2D eigenvalue weighted by Gasteiger charge is 2.48. The van der Waals surface area contributed by atoms with Gasteiger partial charge in [0.1, 0.15) is 0 Å². The highest BCUT2D eigenvalue weighted by atomic mass is 32.1. The lowest BCUT2D eigenvalue weighted by atomic mass is 9.36. The fourth-order valence-electron chi connectivity index (χ4n) is 11.2. The van der Waals surface area contributed by atoms with Gasteiger partial charge in [-0.1, -0.05) is 117 Å². The summed E-state index contributed by atoms with van der Waals surface area (Å²) in [6, 6.07) is 47.6. The molecule has 0 N–H and O–H groups in total. The zero-order valence-electron chi connectivity index (χ0n) is 37.8. The summed E-state index contributed by atoms with van der Waals surface area (Å²) in [5.41, 5.74) is 19.7. The molecule has 0 saturated carbocycles. The fourth-order valence-corrected chi connectivity index (χ4v) is 13.7. The van der Waals surface area contributed by atoms with Gasteiger partial charge in [0.2, 0.25) is 0 Å². The quantitative estimate of drug-likeness (QED) is 0.152. The van der Waals surface area contributed by atoms with Gasteiger partial charge in [0.25, 0.3) is 6.71 Å². The number of hydrogen-bond donors (Lipinski definition) is 0. The normalized spacial score (nSPS) is 14.4. The van der Waals surface area contributed by atoms with Crippen molar-refractivity contribution >= 4 is 131 Å². The number of para-hydroxylation sites is 1. The van der Waals surface area contributed by atoms with Crippen LogP contribution in [0.15, 0.2) is 121 Å². The highest BCUT2D eigenvalue weighted by molar-refractivity contribution is 7.34. The van der Waals surface area contributed by atoms with E-state index in [1.165, 1.54) is 130 Å². The van der Waals surface area contributed by atoms with Crippen LogP contribution >= 0.6 is 22.7 Å². The molecule has 0 radical (unpaired) electrons. The molecule has 0 unspecified atom stereocenters. The van der Waals surface area contributed by atoms with Crippen LogP contribution in [0.25, 0.3) is 57.8 Å². The minimum Gasteiger partial charge on any atom is -0.309 e. The molecular weight excluding hydrogens is 802 g/mol. The zero-order chi connectivity index (χ0) is 43.2. The van der Waals surface area contributed by atoms with E-state index in [-0.39, 0.29) is 23.0 Å². The van der Waals surface area contributed by atoms with Crippen molar-refractivity contribution in [3.05, 3.63) is 144 Å². The maximum Gasteiger partial charge on any atom is 0.264 e. The van der Waals surface area contributed by atoms with Crippen LogP contribution in [-0.4, -0.2) is 11.3 Å². The molecule has 13 rings (SSSR count). The van der Waals surface area contributed by atoms with E-state index in [0.29, 0.717) is 0 Å². The van der Waals surface area contributed by atoms with Gasteiger partial charge in [-0.2, -0.15) is 0 Å². The molecule has 0 bridgehead atoms. The summed E-state index contributed by atoms with van der Waals surface area (Å²) in [7, 11) is 0. The Hall–Kier alpha value is -5.82. The molecule has 0 atom stereocenters. The third-order valence-corrected chi connectivity index (χ3v) is 16.8. The van der Waals surface area contributed by atoms with Gasteiger partial charge in [0.15, 0.2) is 0 Å². The smallest absolute Gasteiger partial charge is 0.264 e. The topological polar surface area (TPSA) is 11.4 Å². The molecule has 7 aromatic carbocycles. The number of benzene rings is 7. The maximum atomic E-state index is 2.69. The average Bonchev–Trinajstić information content (AvgIpc) is 3.92. The second kappa shape index (κ2) is 12.3. The number of hydrogen-bond acceptors (Lipinski definition) is 4. The van der Waals surface area contributed by atoms with Crippen molar-refractivity contribution in [1.82, 2.24) is 4.57 Å². The van der Waals surface area contributed by atoms with Crippen molar-refractivity contribution in [2.75, 3.05) is 9.80 Å². The molecule has 0 aliphatic carbocycles. The zero-order valence-corrected chi connectivity index (χ0v) is 39.4. The first-order valence-corrected chi connectivity index (χ1v) is 24.2. The molecule has 3 aliphatic rings. The van der Waals surface area contributed by atoms with Crippen LogP contribution in [0.2, 0.25) is 0 Å². The first kappa shape index (κ1) is 37.7. The van der Waals surface area contributed by atoms with E-state index in [0.717, 1.165) is 0 Å². The summed E-state index contributed by atoms with van der Waals surface area (Å²) in [6.07, 6.45) is 0.